The number of nitrogens with zero attached hydrogens (tertiary/aromatic N) is 1. The second-order valence-electron chi connectivity index (χ2n) is 7.56. The van der Waals surface area contributed by atoms with Gasteiger partial charge in [-0.3, -0.25) is 9.69 Å². The molecule has 3 rings (SSSR count). The number of likely N-dealkylation sites (tertiary alicyclic amines) is 1. The predicted octanol–water partition coefficient (Wildman–Crippen LogP) is 4.30. The standard InChI is InChI=1S/C23H30N2O2/c1-18(16-24-23(27)19-9-5-4-6-10-19)20-11-12-22(26)21(15-20)17-25-13-7-2-3-8-14-25/h4-6,9-12,15,18,26H,2-3,7-8,13-14,16-17H2,1H3,(H,24,27). The Morgan fingerprint density at radius 2 is 1.78 bits per heavy atom. The Hall–Kier alpha value is -2.33. The normalized spacial score (nSPS) is 16.5. The van der Waals surface area contributed by atoms with Gasteiger partial charge in [-0.2, -0.15) is 0 Å². The summed E-state index contributed by atoms with van der Waals surface area (Å²) in [6, 6.07) is 15.1. The van der Waals surface area contributed by atoms with Crippen molar-refractivity contribution in [3.05, 3.63) is 65.2 Å². The first kappa shape index (κ1) is 19.4. The second-order valence-corrected chi connectivity index (χ2v) is 7.56. The summed E-state index contributed by atoms with van der Waals surface area (Å²) in [6.45, 7) is 5.68. The molecule has 4 heteroatoms. The second kappa shape index (κ2) is 9.56. The Kier molecular flexibility index (Phi) is 6.88. The zero-order valence-corrected chi connectivity index (χ0v) is 16.2. The lowest BCUT2D eigenvalue weighted by atomic mass is 9.98. The molecular weight excluding hydrogens is 336 g/mol. The van der Waals surface area contributed by atoms with E-state index in [2.05, 4.69) is 23.2 Å². The highest BCUT2D eigenvalue weighted by Crippen LogP contribution is 2.25. The van der Waals surface area contributed by atoms with E-state index < -0.39 is 0 Å². The van der Waals surface area contributed by atoms with E-state index in [0.717, 1.165) is 30.8 Å². The van der Waals surface area contributed by atoms with Crippen LogP contribution in [0.25, 0.3) is 0 Å². The first-order valence-corrected chi connectivity index (χ1v) is 10.0. The van der Waals surface area contributed by atoms with Crippen molar-refractivity contribution in [1.29, 1.82) is 0 Å². The van der Waals surface area contributed by atoms with E-state index in [-0.39, 0.29) is 11.8 Å². The Labute approximate surface area is 162 Å². The number of nitrogens with one attached hydrogen (secondary N) is 1. The molecule has 0 aromatic heterocycles. The highest BCUT2D eigenvalue weighted by Gasteiger charge is 2.15. The molecule has 0 radical (unpaired) electrons. The maximum absolute atomic E-state index is 12.2. The number of rotatable bonds is 6. The predicted molar refractivity (Wildman–Crippen MR) is 109 cm³/mol. The summed E-state index contributed by atoms with van der Waals surface area (Å²) in [7, 11) is 0. The minimum Gasteiger partial charge on any atom is -0.508 e. The first-order valence-electron chi connectivity index (χ1n) is 10.0. The number of benzene rings is 2. The lowest BCUT2D eigenvalue weighted by Crippen LogP contribution is -2.27. The van der Waals surface area contributed by atoms with E-state index in [1.165, 1.54) is 25.7 Å². The number of carbonyl (C=O) groups is 1. The van der Waals surface area contributed by atoms with E-state index in [9.17, 15) is 9.90 Å². The van der Waals surface area contributed by atoms with Gasteiger partial charge >= 0.3 is 0 Å². The van der Waals surface area contributed by atoms with Crippen LogP contribution in [0.4, 0.5) is 0 Å². The van der Waals surface area contributed by atoms with E-state index in [1.807, 2.05) is 36.4 Å². The average molecular weight is 367 g/mol. The van der Waals surface area contributed by atoms with Crippen LogP contribution in [0.1, 0.15) is 60.0 Å². The fraction of sp³-hybridized carbons (Fsp3) is 0.435. The minimum atomic E-state index is -0.0500. The van der Waals surface area contributed by atoms with Gasteiger partial charge in [-0.15, -0.1) is 0 Å². The van der Waals surface area contributed by atoms with Crippen LogP contribution in [-0.4, -0.2) is 35.5 Å². The molecule has 0 bridgehead atoms. The van der Waals surface area contributed by atoms with Gasteiger partial charge in [0.05, 0.1) is 0 Å². The summed E-state index contributed by atoms with van der Waals surface area (Å²) < 4.78 is 0. The number of amides is 1. The summed E-state index contributed by atoms with van der Waals surface area (Å²) in [4.78, 5) is 14.7. The molecule has 4 nitrogen and oxygen atoms in total. The van der Waals surface area contributed by atoms with Gasteiger partial charge < -0.3 is 10.4 Å². The quantitative estimate of drug-likeness (QED) is 0.801. The van der Waals surface area contributed by atoms with E-state index in [4.69, 9.17) is 0 Å². The van der Waals surface area contributed by atoms with Crippen molar-refractivity contribution >= 4 is 5.91 Å². The van der Waals surface area contributed by atoms with Crippen LogP contribution in [-0.2, 0) is 6.54 Å². The summed E-state index contributed by atoms with van der Waals surface area (Å²) in [5.41, 5.74) is 2.80. The summed E-state index contributed by atoms with van der Waals surface area (Å²) in [5.74, 6) is 0.496. The molecule has 1 aliphatic rings. The monoisotopic (exact) mass is 366 g/mol. The number of phenolic OH excluding ortho intramolecular Hbond substituents is 1. The third kappa shape index (κ3) is 5.57. The van der Waals surface area contributed by atoms with Gasteiger partial charge in [0.2, 0.25) is 0 Å². The molecule has 2 aromatic rings. The first-order chi connectivity index (χ1) is 13.1. The van der Waals surface area contributed by atoms with Crippen molar-refractivity contribution < 1.29 is 9.90 Å². The lowest BCUT2D eigenvalue weighted by Gasteiger charge is -2.21. The summed E-state index contributed by atoms with van der Waals surface area (Å²) in [6.07, 6.45) is 5.09. The van der Waals surface area contributed by atoms with Crippen LogP contribution < -0.4 is 5.32 Å². The number of hydrogen-bond donors (Lipinski definition) is 2. The molecule has 1 amide bonds. The van der Waals surface area contributed by atoms with Crippen LogP contribution in [0.15, 0.2) is 48.5 Å². The van der Waals surface area contributed by atoms with Crippen molar-refractivity contribution in [2.45, 2.75) is 45.1 Å². The van der Waals surface area contributed by atoms with Crippen LogP contribution in [0.3, 0.4) is 0 Å². The molecule has 2 aromatic carbocycles. The molecule has 27 heavy (non-hydrogen) atoms. The van der Waals surface area contributed by atoms with Gasteiger partial charge in [0.15, 0.2) is 0 Å². The van der Waals surface area contributed by atoms with Crippen molar-refractivity contribution in [2.75, 3.05) is 19.6 Å². The summed E-state index contributed by atoms with van der Waals surface area (Å²) in [5, 5.41) is 13.3. The van der Waals surface area contributed by atoms with Crippen molar-refractivity contribution in [3.8, 4) is 5.75 Å². The van der Waals surface area contributed by atoms with Crippen molar-refractivity contribution in [2.24, 2.45) is 0 Å². The fourth-order valence-electron chi connectivity index (χ4n) is 3.63. The third-order valence-electron chi connectivity index (χ3n) is 5.37. The lowest BCUT2D eigenvalue weighted by molar-refractivity contribution is 0.0951. The Morgan fingerprint density at radius 1 is 1.07 bits per heavy atom. The SMILES string of the molecule is CC(CNC(=O)c1ccccc1)c1ccc(O)c(CN2CCCCCC2)c1. The molecular formula is C23H30N2O2. The molecule has 0 aliphatic carbocycles. The third-order valence-corrected chi connectivity index (χ3v) is 5.37. The molecule has 1 fully saturated rings. The van der Waals surface area contributed by atoms with E-state index in [1.54, 1.807) is 6.07 Å². The number of carbonyl (C=O) groups excluding carboxylic acids is 1. The number of aromatic hydroxyl groups is 1. The highest BCUT2D eigenvalue weighted by molar-refractivity contribution is 5.94. The van der Waals surface area contributed by atoms with E-state index in [0.29, 0.717) is 17.9 Å². The maximum atomic E-state index is 12.2. The Bertz CT molecular complexity index is 737. The van der Waals surface area contributed by atoms with Gasteiger partial charge in [0.25, 0.3) is 5.91 Å². The van der Waals surface area contributed by atoms with Gasteiger partial charge in [0, 0.05) is 24.2 Å². The van der Waals surface area contributed by atoms with E-state index >= 15 is 0 Å². The van der Waals surface area contributed by atoms with Gasteiger partial charge in [-0.1, -0.05) is 50.1 Å². The van der Waals surface area contributed by atoms with Gasteiger partial charge in [0.1, 0.15) is 5.75 Å². The average Bonchev–Trinajstić information content (AvgIpc) is 2.97. The maximum Gasteiger partial charge on any atom is 0.251 e. The molecule has 1 saturated heterocycles. The molecule has 0 saturated carbocycles. The van der Waals surface area contributed by atoms with Crippen LogP contribution in [0.2, 0.25) is 0 Å². The Balaban J connectivity index is 1.61. The molecule has 144 valence electrons. The van der Waals surface area contributed by atoms with Crippen LogP contribution >= 0.6 is 0 Å². The smallest absolute Gasteiger partial charge is 0.251 e. The van der Waals surface area contributed by atoms with Gasteiger partial charge in [-0.25, -0.2) is 0 Å². The molecule has 1 heterocycles. The van der Waals surface area contributed by atoms with Crippen molar-refractivity contribution in [3.63, 3.8) is 0 Å². The molecule has 1 unspecified atom stereocenters. The minimum absolute atomic E-state index is 0.0500. The molecule has 1 atom stereocenters. The zero-order chi connectivity index (χ0) is 19.1. The number of phenols is 1. The molecule has 1 aliphatic heterocycles. The van der Waals surface area contributed by atoms with Crippen LogP contribution in [0, 0.1) is 0 Å². The van der Waals surface area contributed by atoms with Crippen LogP contribution in [0.5, 0.6) is 5.75 Å². The fourth-order valence-corrected chi connectivity index (χ4v) is 3.63. The van der Waals surface area contributed by atoms with Crippen molar-refractivity contribution in [1.82, 2.24) is 10.2 Å². The van der Waals surface area contributed by atoms with Gasteiger partial charge in [-0.05, 0) is 55.6 Å². The highest BCUT2D eigenvalue weighted by atomic mass is 16.3. The Morgan fingerprint density at radius 3 is 2.48 bits per heavy atom. The zero-order valence-electron chi connectivity index (χ0n) is 16.2. The molecule has 0 spiro atoms. The number of hydrogen-bond acceptors (Lipinski definition) is 3. The molecule has 2 N–H and O–H groups in total. The summed E-state index contributed by atoms with van der Waals surface area (Å²) >= 11 is 0. The largest absolute Gasteiger partial charge is 0.508 e. The topological polar surface area (TPSA) is 52.6 Å².